The first-order valence-electron chi connectivity index (χ1n) is 6.41. The third kappa shape index (κ3) is 3.95. The third-order valence-electron chi connectivity index (χ3n) is 2.91. The Labute approximate surface area is 127 Å². The van der Waals surface area contributed by atoms with Gasteiger partial charge in [-0.1, -0.05) is 35.4 Å². The number of amides is 1. The maximum Gasteiger partial charge on any atom is 0.262 e. The van der Waals surface area contributed by atoms with Crippen LogP contribution < -0.4 is 10.1 Å². The third-order valence-corrected chi connectivity index (χ3v) is 3.21. The molecule has 21 heavy (non-hydrogen) atoms. The molecule has 0 aliphatic carbocycles. The molecule has 0 aromatic heterocycles. The van der Waals surface area contributed by atoms with Crippen LogP contribution in [0.2, 0.25) is 5.02 Å². The Balaban J connectivity index is 1.97. The summed E-state index contributed by atoms with van der Waals surface area (Å²) in [5.41, 5.74) is 2.10. The molecule has 3 nitrogen and oxygen atoms in total. The van der Waals surface area contributed by atoms with Crippen molar-refractivity contribution in [3.05, 3.63) is 58.4 Å². The minimum Gasteiger partial charge on any atom is -0.483 e. The summed E-state index contributed by atoms with van der Waals surface area (Å²) in [6.45, 7) is 3.68. The number of ether oxygens (including phenoxy) is 1. The van der Waals surface area contributed by atoms with Gasteiger partial charge in [-0.2, -0.15) is 0 Å². The van der Waals surface area contributed by atoms with E-state index in [4.69, 9.17) is 16.3 Å². The van der Waals surface area contributed by atoms with Crippen LogP contribution in [0.5, 0.6) is 5.75 Å². The first-order valence-corrected chi connectivity index (χ1v) is 6.79. The van der Waals surface area contributed by atoms with Crippen LogP contribution in [-0.2, 0) is 4.79 Å². The number of hydrogen-bond donors (Lipinski definition) is 1. The Morgan fingerprint density at radius 1 is 1.29 bits per heavy atom. The smallest absolute Gasteiger partial charge is 0.262 e. The number of rotatable bonds is 4. The van der Waals surface area contributed by atoms with Crippen LogP contribution in [0.25, 0.3) is 0 Å². The zero-order valence-electron chi connectivity index (χ0n) is 11.7. The monoisotopic (exact) mass is 307 g/mol. The molecule has 0 unspecified atom stereocenters. The second-order valence-electron chi connectivity index (χ2n) is 4.71. The molecular formula is C16H15ClFNO2. The molecule has 0 saturated carbocycles. The number of halogens is 2. The van der Waals surface area contributed by atoms with Crippen molar-refractivity contribution >= 4 is 23.2 Å². The topological polar surface area (TPSA) is 38.3 Å². The molecule has 5 heteroatoms. The van der Waals surface area contributed by atoms with E-state index in [1.54, 1.807) is 12.1 Å². The Bertz CT molecular complexity index is 673. The van der Waals surface area contributed by atoms with Gasteiger partial charge in [0.05, 0.1) is 10.7 Å². The second kappa shape index (κ2) is 6.59. The van der Waals surface area contributed by atoms with E-state index in [-0.39, 0.29) is 17.3 Å². The molecule has 0 radical (unpaired) electrons. The van der Waals surface area contributed by atoms with Gasteiger partial charge in [-0.05, 0) is 37.6 Å². The molecule has 2 rings (SSSR count). The number of benzene rings is 2. The molecule has 0 atom stereocenters. The number of nitrogens with one attached hydrogen (secondary N) is 1. The fraction of sp³-hybridized carbons (Fsp3) is 0.188. The van der Waals surface area contributed by atoms with Crippen molar-refractivity contribution in [1.29, 1.82) is 0 Å². The maximum absolute atomic E-state index is 13.6. The van der Waals surface area contributed by atoms with E-state index in [0.717, 1.165) is 11.1 Å². The van der Waals surface area contributed by atoms with E-state index in [0.29, 0.717) is 5.75 Å². The first-order chi connectivity index (χ1) is 9.97. The lowest BCUT2D eigenvalue weighted by molar-refractivity contribution is -0.118. The van der Waals surface area contributed by atoms with Gasteiger partial charge in [-0.3, -0.25) is 4.79 Å². The van der Waals surface area contributed by atoms with Crippen molar-refractivity contribution in [2.45, 2.75) is 13.8 Å². The van der Waals surface area contributed by atoms with E-state index < -0.39 is 11.7 Å². The van der Waals surface area contributed by atoms with E-state index >= 15 is 0 Å². The highest BCUT2D eigenvalue weighted by molar-refractivity contribution is 6.31. The Hall–Kier alpha value is -2.07. The molecule has 0 aliphatic rings. The molecule has 0 heterocycles. The van der Waals surface area contributed by atoms with E-state index in [2.05, 4.69) is 5.32 Å². The number of anilines is 1. The lowest BCUT2D eigenvalue weighted by Crippen LogP contribution is -2.21. The second-order valence-corrected chi connectivity index (χ2v) is 5.11. The van der Waals surface area contributed by atoms with Crippen molar-refractivity contribution in [2.75, 3.05) is 11.9 Å². The summed E-state index contributed by atoms with van der Waals surface area (Å²) in [6.07, 6.45) is 0. The minimum atomic E-state index is -0.654. The maximum atomic E-state index is 13.6. The number of carbonyl (C=O) groups excluding carboxylic acids is 1. The predicted molar refractivity (Wildman–Crippen MR) is 81.5 cm³/mol. The zero-order chi connectivity index (χ0) is 15.4. The molecule has 0 spiro atoms. The quantitative estimate of drug-likeness (QED) is 0.923. The summed E-state index contributed by atoms with van der Waals surface area (Å²) in [5.74, 6) is -0.475. The summed E-state index contributed by atoms with van der Waals surface area (Å²) in [6, 6.07) is 10.1. The van der Waals surface area contributed by atoms with Gasteiger partial charge >= 0.3 is 0 Å². The van der Waals surface area contributed by atoms with Crippen LogP contribution >= 0.6 is 11.6 Å². The van der Waals surface area contributed by atoms with E-state index in [1.165, 1.54) is 12.1 Å². The van der Waals surface area contributed by atoms with Crippen LogP contribution in [-0.4, -0.2) is 12.5 Å². The molecule has 0 bridgehead atoms. The van der Waals surface area contributed by atoms with Crippen molar-refractivity contribution in [1.82, 2.24) is 0 Å². The van der Waals surface area contributed by atoms with Crippen molar-refractivity contribution in [3.8, 4) is 5.75 Å². The van der Waals surface area contributed by atoms with Crippen molar-refractivity contribution in [3.63, 3.8) is 0 Å². The lowest BCUT2D eigenvalue weighted by Gasteiger charge is -2.10. The number of hydrogen-bond acceptors (Lipinski definition) is 2. The number of carbonyl (C=O) groups is 1. The highest BCUT2D eigenvalue weighted by Crippen LogP contribution is 2.22. The molecule has 2 aromatic carbocycles. The summed E-state index contributed by atoms with van der Waals surface area (Å²) in [4.78, 5) is 11.8. The average Bonchev–Trinajstić information content (AvgIpc) is 2.43. The lowest BCUT2D eigenvalue weighted by atomic mass is 10.1. The van der Waals surface area contributed by atoms with Gasteiger partial charge in [0, 0.05) is 0 Å². The molecule has 0 saturated heterocycles. The van der Waals surface area contributed by atoms with Gasteiger partial charge in [0.2, 0.25) is 0 Å². The molecular weight excluding hydrogens is 293 g/mol. The molecule has 1 N–H and O–H groups in total. The van der Waals surface area contributed by atoms with Gasteiger partial charge < -0.3 is 10.1 Å². The normalized spacial score (nSPS) is 10.3. The summed E-state index contributed by atoms with van der Waals surface area (Å²) < 4.78 is 19.1. The highest BCUT2D eigenvalue weighted by Gasteiger charge is 2.10. The summed E-state index contributed by atoms with van der Waals surface area (Å²) in [5, 5.41) is 2.39. The van der Waals surface area contributed by atoms with Crippen molar-refractivity contribution in [2.24, 2.45) is 0 Å². The number of aryl methyl sites for hydroxylation is 2. The SMILES string of the molecule is Cc1ccc(OCC(=O)Nc2cccc(Cl)c2F)c(C)c1. The molecule has 2 aromatic rings. The van der Waals surface area contributed by atoms with Crippen molar-refractivity contribution < 1.29 is 13.9 Å². The Morgan fingerprint density at radius 2 is 2.05 bits per heavy atom. The molecule has 1 amide bonds. The fourth-order valence-electron chi connectivity index (χ4n) is 1.89. The zero-order valence-corrected chi connectivity index (χ0v) is 12.5. The standard InChI is InChI=1S/C16H15ClFNO2/c1-10-6-7-14(11(2)8-10)21-9-15(20)19-13-5-3-4-12(17)16(13)18/h3-8H,9H2,1-2H3,(H,19,20). The van der Waals surface area contributed by atoms with Crippen LogP contribution in [0.1, 0.15) is 11.1 Å². The first kappa shape index (κ1) is 15.3. The minimum absolute atomic E-state index is 0.0386. The van der Waals surface area contributed by atoms with Gasteiger partial charge in [0.1, 0.15) is 5.75 Å². The van der Waals surface area contributed by atoms with Crippen LogP contribution in [0.3, 0.4) is 0 Å². The Kier molecular flexibility index (Phi) is 4.81. The molecule has 0 aliphatic heterocycles. The van der Waals surface area contributed by atoms with E-state index in [9.17, 15) is 9.18 Å². The van der Waals surface area contributed by atoms with Crippen LogP contribution in [0, 0.1) is 19.7 Å². The fourth-order valence-corrected chi connectivity index (χ4v) is 2.07. The molecule has 0 fully saturated rings. The van der Waals surface area contributed by atoms with Gasteiger partial charge in [0.15, 0.2) is 12.4 Å². The van der Waals surface area contributed by atoms with Gasteiger partial charge in [-0.15, -0.1) is 0 Å². The van der Waals surface area contributed by atoms with Gasteiger partial charge in [0.25, 0.3) is 5.91 Å². The van der Waals surface area contributed by atoms with Crippen LogP contribution in [0.15, 0.2) is 36.4 Å². The highest BCUT2D eigenvalue weighted by atomic mass is 35.5. The summed E-state index contributed by atoms with van der Waals surface area (Å²) >= 11 is 5.65. The summed E-state index contributed by atoms with van der Waals surface area (Å²) in [7, 11) is 0. The molecule has 110 valence electrons. The van der Waals surface area contributed by atoms with E-state index in [1.807, 2.05) is 26.0 Å². The van der Waals surface area contributed by atoms with Crippen LogP contribution in [0.4, 0.5) is 10.1 Å². The Morgan fingerprint density at radius 3 is 2.76 bits per heavy atom. The van der Waals surface area contributed by atoms with Gasteiger partial charge in [-0.25, -0.2) is 4.39 Å². The predicted octanol–water partition coefficient (Wildman–Crippen LogP) is 4.11. The average molecular weight is 308 g/mol. The largest absolute Gasteiger partial charge is 0.483 e.